The van der Waals surface area contributed by atoms with Gasteiger partial charge in [-0.05, 0) is 52.9 Å². The Morgan fingerprint density at radius 1 is 1.25 bits per heavy atom. The number of piperidine rings is 1. The molecule has 4 amide bonds. The molecular formula is C18H33N5O5. The molecule has 2 fully saturated rings. The molecule has 0 radical (unpaired) electrons. The highest BCUT2D eigenvalue weighted by molar-refractivity contribution is 5.87. The minimum atomic E-state index is -0.613. The standard InChI is InChI=1S/C18H33N5O5/c1-5-22-14(8-10-23(27)16(22)25)15(24)20-19-11-13-7-6-9-21(12-13)17(26)28-18(2,3)4/h13-14,19,27H,5-12H2,1-4H3,(H,20,24). The summed E-state index contributed by atoms with van der Waals surface area (Å²) in [6.45, 7) is 9.51. The summed E-state index contributed by atoms with van der Waals surface area (Å²) in [5.41, 5.74) is 5.08. The van der Waals surface area contributed by atoms with E-state index in [-0.39, 0.29) is 24.5 Å². The number of rotatable bonds is 5. The van der Waals surface area contributed by atoms with E-state index in [4.69, 9.17) is 4.74 Å². The molecule has 2 saturated heterocycles. The van der Waals surface area contributed by atoms with Gasteiger partial charge in [0.25, 0.3) is 5.91 Å². The summed E-state index contributed by atoms with van der Waals surface area (Å²) in [5, 5.41) is 10.2. The van der Waals surface area contributed by atoms with E-state index in [1.807, 2.05) is 20.8 Å². The van der Waals surface area contributed by atoms with Crippen LogP contribution in [0.4, 0.5) is 9.59 Å². The Labute approximate surface area is 166 Å². The molecule has 160 valence electrons. The summed E-state index contributed by atoms with van der Waals surface area (Å²) < 4.78 is 5.43. The Morgan fingerprint density at radius 2 is 1.96 bits per heavy atom. The first-order valence-corrected chi connectivity index (χ1v) is 9.90. The number of hydroxylamine groups is 2. The summed E-state index contributed by atoms with van der Waals surface area (Å²) in [4.78, 5) is 39.7. The van der Waals surface area contributed by atoms with E-state index in [2.05, 4.69) is 10.9 Å². The summed E-state index contributed by atoms with van der Waals surface area (Å²) in [7, 11) is 0. The average molecular weight is 399 g/mol. The van der Waals surface area contributed by atoms with Crippen molar-refractivity contribution < 1.29 is 24.3 Å². The SMILES string of the molecule is CCN1C(=O)N(O)CCC1C(=O)NNCC1CCCN(C(=O)OC(C)(C)C)C1. The molecular weight excluding hydrogens is 366 g/mol. The number of nitrogens with one attached hydrogen (secondary N) is 2. The maximum atomic E-state index is 12.4. The van der Waals surface area contributed by atoms with Gasteiger partial charge in [-0.2, -0.15) is 0 Å². The maximum absolute atomic E-state index is 12.4. The van der Waals surface area contributed by atoms with E-state index in [1.165, 1.54) is 4.90 Å². The highest BCUT2D eigenvalue weighted by atomic mass is 16.6. The Kier molecular flexibility index (Phi) is 7.48. The fraction of sp³-hybridized carbons (Fsp3) is 0.833. The fourth-order valence-corrected chi connectivity index (χ4v) is 3.50. The molecule has 0 aromatic heterocycles. The second-order valence-electron chi connectivity index (χ2n) is 8.30. The summed E-state index contributed by atoms with van der Waals surface area (Å²) >= 11 is 0. The monoisotopic (exact) mass is 399 g/mol. The van der Waals surface area contributed by atoms with E-state index >= 15 is 0 Å². The zero-order valence-corrected chi connectivity index (χ0v) is 17.2. The Balaban J connectivity index is 1.78. The molecule has 0 aliphatic carbocycles. The maximum Gasteiger partial charge on any atom is 0.410 e. The first-order chi connectivity index (χ1) is 13.1. The number of carbonyl (C=O) groups excluding carboxylic acids is 3. The number of urea groups is 1. The average Bonchev–Trinajstić information content (AvgIpc) is 2.62. The molecule has 0 bridgehead atoms. The second-order valence-corrected chi connectivity index (χ2v) is 8.30. The van der Waals surface area contributed by atoms with Crippen molar-refractivity contribution in [3.63, 3.8) is 0 Å². The van der Waals surface area contributed by atoms with Gasteiger partial charge in [0.15, 0.2) is 0 Å². The predicted molar refractivity (Wildman–Crippen MR) is 101 cm³/mol. The van der Waals surface area contributed by atoms with Crippen LogP contribution in [0.25, 0.3) is 0 Å². The lowest BCUT2D eigenvalue weighted by molar-refractivity contribution is -0.133. The van der Waals surface area contributed by atoms with Crippen LogP contribution >= 0.6 is 0 Å². The largest absolute Gasteiger partial charge is 0.444 e. The number of hydrogen-bond donors (Lipinski definition) is 3. The third-order valence-corrected chi connectivity index (χ3v) is 4.87. The van der Waals surface area contributed by atoms with Gasteiger partial charge in [-0.25, -0.2) is 20.1 Å². The van der Waals surface area contributed by atoms with Crippen LogP contribution in [0.3, 0.4) is 0 Å². The highest BCUT2D eigenvalue weighted by Gasteiger charge is 2.36. The number of likely N-dealkylation sites (tertiary alicyclic amines) is 1. The minimum absolute atomic E-state index is 0.126. The van der Waals surface area contributed by atoms with E-state index in [0.29, 0.717) is 37.7 Å². The van der Waals surface area contributed by atoms with Gasteiger partial charge in [-0.15, -0.1) is 0 Å². The van der Waals surface area contributed by atoms with E-state index in [0.717, 1.165) is 12.8 Å². The van der Waals surface area contributed by atoms with Gasteiger partial charge in [0.2, 0.25) is 0 Å². The predicted octanol–water partition coefficient (Wildman–Crippen LogP) is 1.16. The number of amides is 4. The molecule has 2 unspecified atom stereocenters. The first-order valence-electron chi connectivity index (χ1n) is 9.90. The highest BCUT2D eigenvalue weighted by Crippen LogP contribution is 2.19. The molecule has 0 aromatic carbocycles. The van der Waals surface area contributed by atoms with Gasteiger partial charge >= 0.3 is 12.1 Å². The lowest BCUT2D eigenvalue weighted by atomic mass is 9.98. The number of carbonyl (C=O) groups is 3. The van der Waals surface area contributed by atoms with Crippen molar-refractivity contribution in [3.05, 3.63) is 0 Å². The molecule has 2 aliphatic heterocycles. The fourth-order valence-electron chi connectivity index (χ4n) is 3.50. The first kappa shape index (κ1) is 22.2. The number of hydrogen-bond acceptors (Lipinski definition) is 6. The van der Waals surface area contributed by atoms with Crippen molar-refractivity contribution in [2.75, 3.05) is 32.7 Å². The molecule has 2 atom stereocenters. The number of hydrazine groups is 1. The van der Waals surface area contributed by atoms with Gasteiger partial charge in [0, 0.05) is 26.2 Å². The van der Waals surface area contributed by atoms with E-state index in [9.17, 15) is 19.6 Å². The number of ether oxygens (including phenoxy) is 1. The van der Waals surface area contributed by atoms with Crippen LogP contribution in [0, 0.1) is 5.92 Å². The van der Waals surface area contributed by atoms with Gasteiger partial charge in [-0.3, -0.25) is 15.4 Å². The molecule has 2 heterocycles. The summed E-state index contributed by atoms with van der Waals surface area (Å²) in [6.07, 6.45) is 1.88. The third-order valence-electron chi connectivity index (χ3n) is 4.87. The molecule has 3 N–H and O–H groups in total. The lowest BCUT2D eigenvalue weighted by Gasteiger charge is -2.37. The Hall–Kier alpha value is -2.07. The Bertz CT molecular complexity index is 579. The number of likely N-dealkylation sites (N-methyl/N-ethyl adjacent to an activating group) is 1. The lowest BCUT2D eigenvalue weighted by Crippen LogP contribution is -2.60. The van der Waals surface area contributed by atoms with Crippen molar-refractivity contribution in [1.29, 1.82) is 0 Å². The topological polar surface area (TPSA) is 114 Å². The van der Waals surface area contributed by atoms with Gasteiger partial charge in [0.1, 0.15) is 11.6 Å². The van der Waals surface area contributed by atoms with Crippen LogP contribution in [0.5, 0.6) is 0 Å². The van der Waals surface area contributed by atoms with Crippen LogP contribution in [-0.4, -0.2) is 82.5 Å². The molecule has 10 nitrogen and oxygen atoms in total. The molecule has 10 heteroatoms. The quantitative estimate of drug-likeness (QED) is 0.472. The van der Waals surface area contributed by atoms with Crippen LogP contribution in [0.1, 0.15) is 47.0 Å². The molecule has 0 spiro atoms. The van der Waals surface area contributed by atoms with Gasteiger partial charge < -0.3 is 14.5 Å². The van der Waals surface area contributed by atoms with Crippen molar-refractivity contribution in [3.8, 4) is 0 Å². The molecule has 28 heavy (non-hydrogen) atoms. The molecule has 0 saturated carbocycles. The minimum Gasteiger partial charge on any atom is -0.444 e. The zero-order chi connectivity index (χ0) is 20.9. The Morgan fingerprint density at radius 3 is 2.61 bits per heavy atom. The van der Waals surface area contributed by atoms with Crippen LogP contribution in [-0.2, 0) is 9.53 Å². The van der Waals surface area contributed by atoms with Gasteiger partial charge in [-0.1, -0.05) is 0 Å². The van der Waals surface area contributed by atoms with E-state index < -0.39 is 17.7 Å². The second kappa shape index (κ2) is 9.42. The van der Waals surface area contributed by atoms with Crippen molar-refractivity contribution in [2.45, 2.75) is 58.6 Å². The number of nitrogens with zero attached hydrogens (tertiary/aromatic N) is 3. The van der Waals surface area contributed by atoms with Crippen molar-refractivity contribution in [1.82, 2.24) is 25.7 Å². The van der Waals surface area contributed by atoms with Crippen molar-refractivity contribution in [2.24, 2.45) is 5.92 Å². The molecule has 2 aliphatic rings. The normalized spacial score (nSPS) is 23.6. The van der Waals surface area contributed by atoms with Crippen LogP contribution < -0.4 is 10.9 Å². The van der Waals surface area contributed by atoms with Crippen LogP contribution in [0.2, 0.25) is 0 Å². The van der Waals surface area contributed by atoms with Crippen molar-refractivity contribution >= 4 is 18.0 Å². The van der Waals surface area contributed by atoms with E-state index in [1.54, 1.807) is 11.8 Å². The zero-order valence-electron chi connectivity index (χ0n) is 17.2. The summed E-state index contributed by atoms with van der Waals surface area (Å²) in [6, 6.07) is -1.17. The van der Waals surface area contributed by atoms with Gasteiger partial charge in [0.05, 0.1) is 6.54 Å². The van der Waals surface area contributed by atoms with Crippen LogP contribution in [0.15, 0.2) is 0 Å². The molecule has 0 aromatic rings. The third kappa shape index (κ3) is 5.96. The smallest absolute Gasteiger partial charge is 0.410 e. The summed E-state index contributed by atoms with van der Waals surface area (Å²) in [5.74, 6) is -0.104. The molecule has 2 rings (SSSR count).